The number of benzene rings is 12. The van der Waals surface area contributed by atoms with Gasteiger partial charge in [-0.2, -0.15) is 0 Å². The number of furan rings is 2. The van der Waals surface area contributed by atoms with Gasteiger partial charge in [-0.15, -0.1) is 0 Å². The van der Waals surface area contributed by atoms with Crippen LogP contribution in [0.4, 0.5) is 0 Å². The average Bonchev–Trinajstić information content (AvgIpc) is 1.54. The van der Waals surface area contributed by atoms with E-state index in [4.69, 9.17) is 38.7 Å². The highest BCUT2D eigenvalue weighted by Crippen LogP contribution is 2.59. The van der Waals surface area contributed by atoms with Crippen molar-refractivity contribution in [3.05, 3.63) is 301 Å². The smallest absolute Gasteiger partial charge is 0.164 e. The lowest BCUT2D eigenvalue weighted by atomic mass is 9.63. The Labute approximate surface area is 557 Å². The van der Waals surface area contributed by atoms with Crippen molar-refractivity contribution in [3.63, 3.8) is 0 Å². The maximum absolute atomic E-state index is 6.44. The molecule has 0 fully saturated rings. The molecular weight excluding hydrogens is 1170 g/mol. The standard InChI is InChI=1S/C46H37N3O.C42H29N3O/c1-28(2)46(29(3)4)39-25-34(22-23-35(39)37-26-38-36-20-11-12-21-41(36)50-42(38)27-40(37)46)45-48-43(31-16-9-6-10-17-31)47-44(49-45)33-19-13-18-32(24-33)30-14-7-5-8-15-30;1-42(2)35-23-28(21-22-30(35)33-24-34-31-18-11-12-20-37(31)46-38(34)25-36(33)42)40-43-39(27-15-7-4-8-16-27)44-41(45-40)32-19-10-9-17-29(32)26-13-5-3-6-14-26/h5-29H,1-4H3;3-25H,1-2H3. The number of para-hydroxylation sites is 2. The molecule has 8 nitrogen and oxygen atoms in total. The van der Waals surface area contributed by atoms with E-state index >= 15 is 0 Å². The first-order chi connectivity index (χ1) is 47.0. The van der Waals surface area contributed by atoms with Crippen LogP contribution in [-0.2, 0) is 10.8 Å². The lowest BCUT2D eigenvalue weighted by Crippen LogP contribution is -2.37. The fourth-order valence-electron chi connectivity index (χ4n) is 15.5. The second-order valence-electron chi connectivity index (χ2n) is 26.5. The van der Waals surface area contributed by atoms with Gasteiger partial charge >= 0.3 is 0 Å². The SMILES string of the molecule is CC(C)C1(C(C)C)c2cc(-c3nc(-c4ccccc4)nc(-c4cccc(-c5ccccc5)c4)n3)ccc2-c2cc3c(cc21)oc1ccccc13.CC1(C)c2cc(-c3nc(-c4ccccc4)nc(-c4ccccc4-c4ccccc4)n3)ccc2-c2cc3c(cc21)oc1ccccc13. The first-order valence-corrected chi connectivity index (χ1v) is 33.1. The molecule has 2 aliphatic carbocycles. The Morgan fingerprint density at radius 3 is 1.14 bits per heavy atom. The van der Waals surface area contributed by atoms with Crippen LogP contribution >= 0.6 is 0 Å². The summed E-state index contributed by atoms with van der Waals surface area (Å²) in [5.74, 6) is 4.59. The molecule has 96 heavy (non-hydrogen) atoms. The molecule has 2 aliphatic rings. The molecule has 0 unspecified atom stereocenters. The van der Waals surface area contributed by atoms with Gasteiger partial charge in [-0.05, 0) is 133 Å². The van der Waals surface area contributed by atoms with Crippen molar-refractivity contribution in [2.24, 2.45) is 11.8 Å². The quantitative estimate of drug-likeness (QED) is 0.133. The van der Waals surface area contributed by atoms with Gasteiger partial charge in [-0.25, -0.2) is 29.9 Å². The molecule has 12 aromatic carbocycles. The number of hydrogen-bond donors (Lipinski definition) is 0. The Balaban J connectivity index is 0.000000146. The molecule has 0 radical (unpaired) electrons. The Hall–Kier alpha value is -11.7. The third-order valence-corrected chi connectivity index (χ3v) is 20.0. The van der Waals surface area contributed by atoms with Crippen molar-refractivity contribution < 1.29 is 8.83 Å². The van der Waals surface area contributed by atoms with Crippen LogP contribution in [-0.4, -0.2) is 29.9 Å². The molecule has 460 valence electrons. The third-order valence-electron chi connectivity index (χ3n) is 20.0. The molecule has 18 rings (SSSR count). The maximum Gasteiger partial charge on any atom is 0.164 e. The fourth-order valence-corrected chi connectivity index (χ4v) is 15.5. The Morgan fingerprint density at radius 2 is 0.604 bits per heavy atom. The average molecular weight is 1240 g/mol. The predicted molar refractivity (Wildman–Crippen MR) is 391 cm³/mol. The van der Waals surface area contributed by atoms with Crippen molar-refractivity contribution in [3.8, 4) is 113 Å². The molecule has 0 amide bonds. The van der Waals surface area contributed by atoms with E-state index in [0.717, 1.165) is 99.5 Å². The van der Waals surface area contributed by atoms with Gasteiger partial charge in [0, 0.05) is 65.8 Å². The largest absolute Gasteiger partial charge is 0.456 e. The minimum atomic E-state index is -0.230. The van der Waals surface area contributed by atoms with Gasteiger partial charge in [0.2, 0.25) is 0 Å². The molecule has 0 aliphatic heterocycles. The van der Waals surface area contributed by atoms with Gasteiger partial charge in [0.25, 0.3) is 0 Å². The molecule has 0 atom stereocenters. The van der Waals surface area contributed by atoms with Crippen molar-refractivity contribution in [1.29, 1.82) is 0 Å². The lowest BCUT2D eigenvalue weighted by Gasteiger charge is -2.40. The third kappa shape index (κ3) is 9.65. The van der Waals surface area contributed by atoms with Crippen molar-refractivity contribution in [2.75, 3.05) is 0 Å². The molecule has 0 spiro atoms. The van der Waals surface area contributed by atoms with Gasteiger partial charge in [0.05, 0.1) is 0 Å². The molecule has 0 saturated heterocycles. The number of fused-ring (bicyclic) bond motifs is 12. The second-order valence-corrected chi connectivity index (χ2v) is 26.5. The predicted octanol–water partition coefficient (Wildman–Crippen LogP) is 22.8. The van der Waals surface area contributed by atoms with E-state index in [1.165, 1.54) is 44.5 Å². The number of aromatic nitrogens is 6. The summed E-state index contributed by atoms with van der Waals surface area (Å²) in [6.45, 7) is 14.0. The molecule has 0 bridgehead atoms. The summed E-state index contributed by atoms with van der Waals surface area (Å²) in [6.07, 6.45) is 0. The summed E-state index contributed by atoms with van der Waals surface area (Å²) < 4.78 is 12.7. The molecule has 8 heteroatoms. The summed E-state index contributed by atoms with van der Waals surface area (Å²) in [6, 6.07) is 97.3. The van der Waals surface area contributed by atoms with Crippen LogP contribution in [0.15, 0.2) is 288 Å². The molecule has 4 aromatic heterocycles. The number of nitrogens with zero attached hydrogens (tertiary/aromatic N) is 6. The maximum atomic E-state index is 6.44. The summed E-state index contributed by atoms with van der Waals surface area (Å²) >= 11 is 0. The first-order valence-electron chi connectivity index (χ1n) is 33.1. The van der Waals surface area contributed by atoms with Gasteiger partial charge in [0.1, 0.15) is 22.3 Å². The van der Waals surface area contributed by atoms with Crippen LogP contribution in [0.1, 0.15) is 63.8 Å². The summed E-state index contributed by atoms with van der Waals surface area (Å²) in [5, 5.41) is 4.60. The summed E-state index contributed by atoms with van der Waals surface area (Å²) in [4.78, 5) is 30.6. The molecule has 4 heterocycles. The zero-order valence-electron chi connectivity index (χ0n) is 54.2. The van der Waals surface area contributed by atoms with Crippen LogP contribution in [0, 0.1) is 11.8 Å². The van der Waals surface area contributed by atoms with Gasteiger partial charge < -0.3 is 8.83 Å². The van der Waals surface area contributed by atoms with Crippen LogP contribution < -0.4 is 0 Å². The lowest BCUT2D eigenvalue weighted by molar-refractivity contribution is 0.280. The molecule has 0 N–H and O–H groups in total. The number of rotatable bonds is 10. The van der Waals surface area contributed by atoms with E-state index in [9.17, 15) is 0 Å². The van der Waals surface area contributed by atoms with Crippen molar-refractivity contribution in [2.45, 2.75) is 52.4 Å². The minimum Gasteiger partial charge on any atom is -0.456 e. The summed E-state index contributed by atoms with van der Waals surface area (Å²) in [5.41, 5.74) is 23.7. The summed E-state index contributed by atoms with van der Waals surface area (Å²) in [7, 11) is 0. The fraction of sp³-hybridized carbons (Fsp3) is 0.114. The monoisotopic (exact) mass is 1240 g/mol. The highest BCUT2D eigenvalue weighted by atomic mass is 16.3. The zero-order valence-corrected chi connectivity index (χ0v) is 54.2. The highest BCUT2D eigenvalue weighted by Gasteiger charge is 2.48. The second kappa shape index (κ2) is 23.1. The van der Waals surface area contributed by atoms with Gasteiger partial charge in [-0.1, -0.05) is 266 Å². The number of hydrogen-bond acceptors (Lipinski definition) is 8. The Bertz CT molecular complexity index is 5690. The van der Waals surface area contributed by atoms with Crippen molar-refractivity contribution >= 4 is 43.9 Å². The van der Waals surface area contributed by atoms with Gasteiger partial charge in [0.15, 0.2) is 34.9 Å². The van der Waals surface area contributed by atoms with Crippen LogP contribution in [0.3, 0.4) is 0 Å². The van der Waals surface area contributed by atoms with E-state index in [1.807, 2.05) is 84.9 Å². The molecule has 0 saturated carbocycles. The van der Waals surface area contributed by atoms with E-state index in [-0.39, 0.29) is 10.8 Å². The normalized spacial score (nSPS) is 13.2. The van der Waals surface area contributed by atoms with E-state index in [2.05, 4.69) is 236 Å². The van der Waals surface area contributed by atoms with Crippen molar-refractivity contribution in [1.82, 2.24) is 29.9 Å². The molecule has 16 aromatic rings. The van der Waals surface area contributed by atoms with Crippen LogP contribution in [0.25, 0.3) is 157 Å². The zero-order chi connectivity index (χ0) is 64.8. The highest BCUT2D eigenvalue weighted by molar-refractivity contribution is 6.09. The minimum absolute atomic E-state index is 0.226. The van der Waals surface area contributed by atoms with E-state index in [0.29, 0.717) is 46.8 Å². The van der Waals surface area contributed by atoms with Crippen LogP contribution in [0.2, 0.25) is 0 Å². The Morgan fingerprint density at radius 1 is 0.240 bits per heavy atom. The first kappa shape index (κ1) is 58.1. The molecular formula is C88H66N6O2. The topological polar surface area (TPSA) is 104 Å². The van der Waals surface area contributed by atoms with E-state index < -0.39 is 0 Å². The van der Waals surface area contributed by atoms with E-state index in [1.54, 1.807) is 0 Å². The van der Waals surface area contributed by atoms with Gasteiger partial charge in [-0.3, -0.25) is 0 Å². The van der Waals surface area contributed by atoms with Crippen LogP contribution in [0.5, 0.6) is 0 Å². The Kier molecular flexibility index (Phi) is 14.0.